The fourth-order valence-corrected chi connectivity index (χ4v) is 1.20. The van der Waals surface area contributed by atoms with Crippen LogP contribution in [-0.4, -0.2) is 17.3 Å². The molecule has 0 N–H and O–H groups in total. The van der Waals surface area contributed by atoms with Crippen molar-refractivity contribution in [2.45, 2.75) is 5.22 Å². The third kappa shape index (κ3) is 1.72. The van der Waals surface area contributed by atoms with E-state index >= 15 is 0 Å². The summed E-state index contributed by atoms with van der Waals surface area (Å²) < 4.78 is 10.2. The Balaban J connectivity index is 2.33. The van der Waals surface area contributed by atoms with E-state index in [1.807, 2.05) is 24.3 Å². The summed E-state index contributed by atoms with van der Waals surface area (Å²) >= 11 is 3.93. The fourth-order valence-electron chi connectivity index (χ4n) is 1.07. The van der Waals surface area contributed by atoms with Crippen LogP contribution in [-0.2, 0) is 0 Å². The minimum atomic E-state index is 0.260. The Morgan fingerprint density at radius 3 is 2.43 bits per heavy atom. The van der Waals surface area contributed by atoms with Crippen LogP contribution >= 0.6 is 12.6 Å². The molecule has 0 spiro atoms. The van der Waals surface area contributed by atoms with Gasteiger partial charge < -0.3 is 9.15 Å². The maximum absolute atomic E-state index is 5.14. The van der Waals surface area contributed by atoms with Crippen molar-refractivity contribution in [3.05, 3.63) is 24.3 Å². The molecule has 1 aromatic carbocycles. The highest BCUT2D eigenvalue weighted by atomic mass is 32.1. The monoisotopic (exact) mass is 208 g/mol. The van der Waals surface area contributed by atoms with Crippen LogP contribution in [0.5, 0.6) is 5.75 Å². The number of methoxy groups -OCH3 is 1. The molecule has 14 heavy (non-hydrogen) atoms. The molecule has 0 atom stereocenters. The van der Waals surface area contributed by atoms with Crippen molar-refractivity contribution in [3.8, 4) is 17.2 Å². The van der Waals surface area contributed by atoms with Gasteiger partial charge in [-0.3, -0.25) is 0 Å². The zero-order valence-electron chi connectivity index (χ0n) is 7.47. The van der Waals surface area contributed by atoms with Crippen molar-refractivity contribution < 1.29 is 9.15 Å². The molecule has 0 radical (unpaired) electrons. The van der Waals surface area contributed by atoms with Gasteiger partial charge in [0.05, 0.1) is 7.11 Å². The molecule has 0 aliphatic carbocycles. The Bertz CT molecular complexity index is 425. The van der Waals surface area contributed by atoms with Gasteiger partial charge in [0.25, 0.3) is 5.22 Å². The molecule has 72 valence electrons. The van der Waals surface area contributed by atoms with Gasteiger partial charge in [0, 0.05) is 5.56 Å². The van der Waals surface area contributed by atoms with Crippen LogP contribution in [0.15, 0.2) is 33.9 Å². The number of nitrogens with zero attached hydrogens (tertiary/aromatic N) is 2. The molecule has 0 unspecified atom stereocenters. The van der Waals surface area contributed by atoms with Crippen LogP contribution in [0.25, 0.3) is 11.5 Å². The summed E-state index contributed by atoms with van der Waals surface area (Å²) in [5.74, 6) is 1.25. The number of ether oxygens (including phenoxy) is 1. The molecule has 0 saturated carbocycles. The van der Waals surface area contributed by atoms with Gasteiger partial charge in [0.1, 0.15) is 5.75 Å². The van der Waals surface area contributed by atoms with Gasteiger partial charge in [0.2, 0.25) is 5.89 Å². The van der Waals surface area contributed by atoms with Crippen LogP contribution in [0.3, 0.4) is 0 Å². The van der Waals surface area contributed by atoms with Gasteiger partial charge in [-0.2, -0.15) is 0 Å². The third-order valence-electron chi connectivity index (χ3n) is 1.75. The number of aromatic nitrogens is 2. The van der Waals surface area contributed by atoms with Crippen LogP contribution in [0, 0.1) is 0 Å². The summed E-state index contributed by atoms with van der Waals surface area (Å²) in [7, 11) is 1.62. The largest absolute Gasteiger partial charge is 0.497 e. The minimum Gasteiger partial charge on any atom is -0.497 e. The lowest BCUT2D eigenvalue weighted by Crippen LogP contribution is -1.82. The molecular weight excluding hydrogens is 200 g/mol. The quantitative estimate of drug-likeness (QED) is 0.767. The van der Waals surface area contributed by atoms with Gasteiger partial charge in [-0.25, -0.2) is 0 Å². The average molecular weight is 208 g/mol. The minimum absolute atomic E-state index is 0.260. The van der Waals surface area contributed by atoms with Crippen LogP contribution in [0.4, 0.5) is 0 Å². The summed E-state index contributed by atoms with van der Waals surface area (Å²) in [6, 6.07) is 7.36. The highest BCUT2D eigenvalue weighted by Gasteiger charge is 2.05. The maximum Gasteiger partial charge on any atom is 0.273 e. The summed E-state index contributed by atoms with van der Waals surface area (Å²) in [5.41, 5.74) is 0.846. The normalized spacial score (nSPS) is 10.1. The Kier molecular flexibility index (Phi) is 2.41. The van der Waals surface area contributed by atoms with E-state index in [4.69, 9.17) is 9.15 Å². The molecule has 0 aliphatic rings. The smallest absolute Gasteiger partial charge is 0.273 e. The van der Waals surface area contributed by atoms with Crippen LogP contribution in [0.2, 0.25) is 0 Å². The van der Waals surface area contributed by atoms with Crippen molar-refractivity contribution in [2.24, 2.45) is 0 Å². The number of benzene rings is 1. The summed E-state index contributed by atoms with van der Waals surface area (Å²) in [6.07, 6.45) is 0. The molecule has 0 saturated heterocycles. The van der Waals surface area contributed by atoms with Gasteiger partial charge in [0.15, 0.2) is 0 Å². The van der Waals surface area contributed by atoms with Crippen LogP contribution in [0.1, 0.15) is 0 Å². The molecule has 1 heterocycles. The molecule has 2 aromatic rings. The van der Waals surface area contributed by atoms with Crippen molar-refractivity contribution in [1.29, 1.82) is 0 Å². The van der Waals surface area contributed by atoms with Crippen molar-refractivity contribution in [2.75, 3.05) is 7.11 Å². The van der Waals surface area contributed by atoms with E-state index in [0.29, 0.717) is 5.89 Å². The molecule has 0 bridgehead atoms. The molecular formula is C9H8N2O2S. The second-order valence-electron chi connectivity index (χ2n) is 2.62. The molecule has 0 fully saturated rings. The molecule has 0 aliphatic heterocycles. The first-order chi connectivity index (χ1) is 6.79. The number of thiol groups is 1. The maximum atomic E-state index is 5.14. The summed E-state index contributed by atoms with van der Waals surface area (Å²) in [6.45, 7) is 0. The third-order valence-corrected chi connectivity index (χ3v) is 1.93. The fraction of sp³-hybridized carbons (Fsp3) is 0.111. The zero-order chi connectivity index (χ0) is 9.97. The van der Waals surface area contributed by atoms with Crippen molar-refractivity contribution in [1.82, 2.24) is 10.2 Å². The highest BCUT2D eigenvalue weighted by Crippen LogP contribution is 2.21. The average Bonchev–Trinajstić information content (AvgIpc) is 2.65. The molecule has 4 nitrogen and oxygen atoms in total. The Morgan fingerprint density at radius 2 is 1.93 bits per heavy atom. The Hall–Kier alpha value is -1.49. The van der Waals surface area contributed by atoms with Gasteiger partial charge >= 0.3 is 0 Å². The van der Waals surface area contributed by atoms with Gasteiger partial charge in [-0.15, -0.1) is 10.2 Å². The SMILES string of the molecule is COc1ccc(-c2nnc(S)o2)cc1. The molecule has 1 aromatic heterocycles. The predicted octanol–water partition coefficient (Wildman–Crippen LogP) is 2.03. The second-order valence-corrected chi connectivity index (χ2v) is 3.00. The van der Waals surface area contributed by atoms with E-state index in [9.17, 15) is 0 Å². The first kappa shape index (κ1) is 9.08. The van der Waals surface area contributed by atoms with E-state index in [-0.39, 0.29) is 5.22 Å². The Labute approximate surface area is 86.3 Å². The lowest BCUT2D eigenvalue weighted by atomic mass is 10.2. The predicted molar refractivity (Wildman–Crippen MR) is 53.5 cm³/mol. The first-order valence-corrected chi connectivity index (χ1v) is 4.41. The Morgan fingerprint density at radius 1 is 1.21 bits per heavy atom. The summed E-state index contributed by atoms with van der Waals surface area (Å²) in [4.78, 5) is 0. The van der Waals surface area contributed by atoms with E-state index in [1.165, 1.54) is 0 Å². The van der Waals surface area contributed by atoms with E-state index in [0.717, 1.165) is 11.3 Å². The molecule has 0 amide bonds. The number of rotatable bonds is 2. The van der Waals surface area contributed by atoms with E-state index in [1.54, 1.807) is 7.11 Å². The second kappa shape index (κ2) is 3.71. The van der Waals surface area contributed by atoms with E-state index < -0.39 is 0 Å². The number of hydrogen-bond acceptors (Lipinski definition) is 5. The highest BCUT2D eigenvalue weighted by molar-refractivity contribution is 7.80. The van der Waals surface area contributed by atoms with Crippen molar-refractivity contribution in [3.63, 3.8) is 0 Å². The number of hydrogen-bond donors (Lipinski definition) is 1. The van der Waals surface area contributed by atoms with Crippen molar-refractivity contribution >= 4 is 12.6 Å². The lowest BCUT2D eigenvalue weighted by Gasteiger charge is -1.98. The van der Waals surface area contributed by atoms with Gasteiger partial charge in [-0.05, 0) is 24.3 Å². The zero-order valence-corrected chi connectivity index (χ0v) is 8.36. The lowest BCUT2D eigenvalue weighted by molar-refractivity contribution is 0.414. The standard InChI is InChI=1S/C9H8N2O2S/c1-12-7-4-2-6(3-5-7)8-10-11-9(14)13-8/h2-5H,1H3,(H,11,14). The summed E-state index contributed by atoms with van der Waals surface area (Å²) in [5, 5.41) is 7.72. The van der Waals surface area contributed by atoms with Gasteiger partial charge in [-0.1, -0.05) is 12.6 Å². The van der Waals surface area contributed by atoms with E-state index in [2.05, 4.69) is 22.8 Å². The molecule has 2 rings (SSSR count). The van der Waals surface area contributed by atoms with Crippen LogP contribution < -0.4 is 4.74 Å². The molecule has 5 heteroatoms. The topological polar surface area (TPSA) is 48.2 Å². The first-order valence-electron chi connectivity index (χ1n) is 3.96.